The average molecular weight is 407 g/mol. The van der Waals surface area contributed by atoms with Gasteiger partial charge in [-0.25, -0.2) is 0 Å². The highest BCUT2D eigenvalue weighted by atomic mass is 19.4. The summed E-state index contributed by atoms with van der Waals surface area (Å²) >= 11 is 0. The molecule has 1 saturated carbocycles. The first kappa shape index (κ1) is 19.2. The fourth-order valence-electron chi connectivity index (χ4n) is 3.07. The van der Waals surface area contributed by atoms with Crippen molar-refractivity contribution in [2.45, 2.75) is 44.6 Å². The molecule has 0 bridgehead atoms. The normalized spacial score (nSPS) is 14.3. The van der Waals surface area contributed by atoms with Crippen molar-refractivity contribution in [1.82, 2.24) is 34.7 Å². The van der Waals surface area contributed by atoms with Gasteiger partial charge in [-0.2, -0.15) is 28.5 Å². The van der Waals surface area contributed by atoms with E-state index >= 15 is 0 Å². The van der Waals surface area contributed by atoms with Crippen LogP contribution in [0.25, 0.3) is 0 Å². The van der Waals surface area contributed by atoms with Crippen molar-refractivity contribution in [1.29, 1.82) is 0 Å². The van der Waals surface area contributed by atoms with E-state index in [9.17, 15) is 18.0 Å². The summed E-state index contributed by atoms with van der Waals surface area (Å²) in [6, 6.07) is 4.54. The molecule has 0 atom stereocenters. The first-order valence-electron chi connectivity index (χ1n) is 9.34. The second-order valence-electron chi connectivity index (χ2n) is 6.99. The molecule has 0 saturated heterocycles. The summed E-state index contributed by atoms with van der Waals surface area (Å²) in [5.74, 6) is -0.171. The van der Waals surface area contributed by atoms with Crippen LogP contribution in [0.15, 0.2) is 36.8 Å². The monoisotopic (exact) mass is 407 g/mol. The zero-order valence-electron chi connectivity index (χ0n) is 15.5. The number of nitrogens with zero attached hydrogens (tertiary/aromatic N) is 6. The van der Waals surface area contributed by atoms with Crippen LogP contribution in [-0.4, -0.2) is 41.8 Å². The zero-order valence-corrected chi connectivity index (χ0v) is 15.5. The standard InChI is InChI=1S/C18H20F3N7O/c19-18(20,21)16-11-15(13-3-4-13)28(25-16)9-1-6-22-17(29)14-5-10-27(24-14)12-26-8-2-7-23-26/h2,5,7-8,10-11,13H,1,3-4,6,9,12H2,(H,22,29). The van der Waals surface area contributed by atoms with E-state index in [1.165, 1.54) is 4.68 Å². The van der Waals surface area contributed by atoms with E-state index in [0.717, 1.165) is 18.9 Å². The lowest BCUT2D eigenvalue weighted by atomic mass is 10.2. The molecule has 29 heavy (non-hydrogen) atoms. The summed E-state index contributed by atoms with van der Waals surface area (Å²) in [7, 11) is 0. The Balaban J connectivity index is 1.28. The lowest BCUT2D eigenvalue weighted by Crippen LogP contribution is -2.26. The molecule has 0 radical (unpaired) electrons. The molecule has 1 fully saturated rings. The lowest BCUT2D eigenvalue weighted by molar-refractivity contribution is -0.141. The predicted octanol–water partition coefficient (Wildman–Crippen LogP) is 2.50. The molecule has 1 aliphatic carbocycles. The van der Waals surface area contributed by atoms with E-state index in [1.807, 2.05) is 0 Å². The third-order valence-corrected chi connectivity index (χ3v) is 4.65. The molecule has 0 unspecified atom stereocenters. The van der Waals surface area contributed by atoms with Crippen LogP contribution < -0.4 is 5.32 Å². The van der Waals surface area contributed by atoms with Crippen LogP contribution in [0.4, 0.5) is 13.2 Å². The van der Waals surface area contributed by atoms with Crippen LogP contribution in [0.1, 0.15) is 47.1 Å². The molecule has 8 nitrogen and oxygen atoms in total. The summed E-state index contributed by atoms with van der Waals surface area (Å²) in [6.07, 6.45) is 2.93. The van der Waals surface area contributed by atoms with Crippen LogP contribution in [0, 0.1) is 0 Å². The third kappa shape index (κ3) is 4.66. The number of carbonyl (C=O) groups excluding carboxylic acids is 1. The molecular formula is C18H20F3N7O. The maximum absolute atomic E-state index is 12.9. The van der Waals surface area contributed by atoms with E-state index in [-0.39, 0.29) is 17.5 Å². The molecule has 1 amide bonds. The van der Waals surface area contributed by atoms with Crippen molar-refractivity contribution in [3.05, 3.63) is 53.9 Å². The average Bonchev–Trinajstić information content (AvgIpc) is 3.09. The van der Waals surface area contributed by atoms with Gasteiger partial charge in [-0.05, 0) is 37.5 Å². The maximum Gasteiger partial charge on any atom is 0.435 e. The zero-order chi connectivity index (χ0) is 20.4. The fraction of sp³-hybridized carbons (Fsp3) is 0.444. The van der Waals surface area contributed by atoms with Gasteiger partial charge in [0.25, 0.3) is 5.91 Å². The van der Waals surface area contributed by atoms with Crippen LogP contribution in [0.3, 0.4) is 0 Å². The van der Waals surface area contributed by atoms with Crippen molar-refractivity contribution in [2.75, 3.05) is 6.54 Å². The van der Waals surface area contributed by atoms with E-state index in [0.29, 0.717) is 31.9 Å². The number of hydrogen-bond acceptors (Lipinski definition) is 4. The van der Waals surface area contributed by atoms with Crippen molar-refractivity contribution in [2.24, 2.45) is 0 Å². The predicted molar refractivity (Wildman–Crippen MR) is 96.0 cm³/mol. The Morgan fingerprint density at radius 3 is 2.72 bits per heavy atom. The Bertz CT molecular complexity index is 970. The van der Waals surface area contributed by atoms with Gasteiger partial charge in [0.05, 0.1) is 0 Å². The minimum absolute atomic E-state index is 0.159. The summed E-state index contributed by atoms with van der Waals surface area (Å²) in [4.78, 5) is 12.2. The molecule has 3 aromatic heterocycles. The Kier molecular flexibility index (Phi) is 5.12. The van der Waals surface area contributed by atoms with E-state index in [1.54, 1.807) is 40.1 Å². The molecule has 1 N–H and O–H groups in total. The van der Waals surface area contributed by atoms with Gasteiger partial charge in [-0.1, -0.05) is 0 Å². The summed E-state index contributed by atoms with van der Waals surface area (Å²) in [5, 5.41) is 14.7. The highest BCUT2D eigenvalue weighted by molar-refractivity contribution is 5.92. The van der Waals surface area contributed by atoms with Gasteiger partial charge in [0.2, 0.25) is 0 Å². The molecular weight excluding hydrogens is 387 g/mol. The maximum atomic E-state index is 12.9. The summed E-state index contributed by atoms with van der Waals surface area (Å²) < 4.78 is 43.4. The highest BCUT2D eigenvalue weighted by Gasteiger charge is 2.37. The van der Waals surface area contributed by atoms with Gasteiger partial charge in [0.15, 0.2) is 5.69 Å². The topological polar surface area (TPSA) is 82.6 Å². The number of aryl methyl sites for hydroxylation is 1. The van der Waals surface area contributed by atoms with Crippen LogP contribution in [0.5, 0.6) is 0 Å². The summed E-state index contributed by atoms with van der Waals surface area (Å²) in [5.41, 5.74) is 0.0430. The smallest absolute Gasteiger partial charge is 0.351 e. The quantitative estimate of drug-likeness (QED) is 0.582. The van der Waals surface area contributed by atoms with Crippen molar-refractivity contribution < 1.29 is 18.0 Å². The van der Waals surface area contributed by atoms with Crippen LogP contribution in [-0.2, 0) is 19.4 Å². The van der Waals surface area contributed by atoms with Crippen LogP contribution in [0.2, 0.25) is 0 Å². The molecule has 0 aromatic carbocycles. The number of amides is 1. The van der Waals surface area contributed by atoms with Gasteiger partial charge < -0.3 is 5.32 Å². The van der Waals surface area contributed by atoms with Crippen molar-refractivity contribution >= 4 is 5.91 Å². The van der Waals surface area contributed by atoms with Gasteiger partial charge in [-0.15, -0.1) is 0 Å². The number of carbonyl (C=O) groups is 1. The first-order valence-corrected chi connectivity index (χ1v) is 9.34. The van der Waals surface area contributed by atoms with Gasteiger partial charge >= 0.3 is 6.18 Å². The Morgan fingerprint density at radius 2 is 2.03 bits per heavy atom. The van der Waals surface area contributed by atoms with Crippen molar-refractivity contribution in [3.8, 4) is 0 Å². The molecule has 3 aromatic rings. The number of rotatable bonds is 8. The number of nitrogens with one attached hydrogen (secondary N) is 1. The van der Waals surface area contributed by atoms with Crippen molar-refractivity contribution in [3.63, 3.8) is 0 Å². The molecule has 1 aliphatic rings. The number of aromatic nitrogens is 6. The SMILES string of the molecule is O=C(NCCCn1nc(C(F)(F)F)cc1C1CC1)c1ccn(Cn2cccn2)n1. The highest BCUT2D eigenvalue weighted by Crippen LogP contribution is 2.42. The molecule has 3 heterocycles. The van der Waals surface area contributed by atoms with Crippen LogP contribution >= 0.6 is 0 Å². The molecule has 0 spiro atoms. The summed E-state index contributed by atoms with van der Waals surface area (Å²) in [6.45, 7) is 1.02. The minimum Gasteiger partial charge on any atom is -0.351 e. The number of halogens is 3. The van der Waals surface area contributed by atoms with Gasteiger partial charge in [0, 0.05) is 43.3 Å². The molecule has 154 valence electrons. The number of hydrogen-bond donors (Lipinski definition) is 1. The Morgan fingerprint density at radius 1 is 1.21 bits per heavy atom. The Labute approximate surface area is 164 Å². The fourth-order valence-corrected chi connectivity index (χ4v) is 3.07. The molecule has 11 heteroatoms. The number of alkyl halides is 3. The largest absolute Gasteiger partial charge is 0.435 e. The van der Waals surface area contributed by atoms with E-state index in [2.05, 4.69) is 20.6 Å². The van der Waals surface area contributed by atoms with Gasteiger partial charge in [0.1, 0.15) is 12.4 Å². The lowest BCUT2D eigenvalue weighted by Gasteiger charge is -2.07. The third-order valence-electron chi connectivity index (χ3n) is 4.65. The Hall–Kier alpha value is -3.11. The molecule has 4 rings (SSSR count). The minimum atomic E-state index is -4.45. The van der Waals surface area contributed by atoms with E-state index < -0.39 is 11.9 Å². The second kappa shape index (κ2) is 7.72. The van der Waals surface area contributed by atoms with Gasteiger partial charge in [-0.3, -0.25) is 18.8 Å². The van der Waals surface area contributed by atoms with E-state index in [4.69, 9.17) is 0 Å². The first-order chi connectivity index (χ1) is 13.9. The molecule has 0 aliphatic heterocycles. The second-order valence-corrected chi connectivity index (χ2v) is 6.99.